The first-order valence-electron chi connectivity index (χ1n) is 3.81. The van der Waals surface area contributed by atoms with Crippen LogP contribution < -0.4 is 5.43 Å². The molecule has 0 atom stereocenters. The van der Waals surface area contributed by atoms with E-state index < -0.39 is 0 Å². The summed E-state index contributed by atoms with van der Waals surface area (Å²) in [5.74, 6) is 2.50. The van der Waals surface area contributed by atoms with Crippen LogP contribution in [0.4, 0.5) is 0 Å². The Morgan fingerprint density at radius 2 is 2.31 bits per heavy atom. The Morgan fingerprint density at radius 3 is 3.08 bits per heavy atom. The van der Waals surface area contributed by atoms with Gasteiger partial charge in [0.2, 0.25) is 0 Å². The van der Waals surface area contributed by atoms with Gasteiger partial charge in [0.05, 0.1) is 11.7 Å². The van der Waals surface area contributed by atoms with E-state index in [4.69, 9.17) is 6.42 Å². The fourth-order valence-electron chi connectivity index (χ4n) is 1.21. The maximum absolute atomic E-state index is 11.3. The second-order valence-corrected chi connectivity index (χ2v) is 2.68. The molecule has 0 aliphatic carbocycles. The van der Waals surface area contributed by atoms with Crippen LogP contribution in [-0.4, -0.2) is 4.98 Å². The van der Waals surface area contributed by atoms with Gasteiger partial charge in [0.1, 0.15) is 0 Å². The first-order valence-corrected chi connectivity index (χ1v) is 3.81. The molecule has 0 saturated carbocycles. The molecule has 1 N–H and O–H groups in total. The van der Waals surface area contributed by atoms with Crippen LogP contribution in [-0.2, 0) is 0 Å². The van der Waals surface area contributed by atoms with E-state index in [1.807, 2.05) is 0 Å². The molecule has 0 spiro atoms. The number of aromatic amines is 1. The van der Waals surface area contributed by atoms with Crippen molar-refractivity contribution in [3.8, 4) is 12.3 Å². The number of terminal acetylenes is 1. The number of hydrogen-bond donors (Lipinski definition) is 1. The van der Waals surface area contributed by atoms with Gasteiger partial charge in [-0.25, -0.2) is 0 Å². The Labute approximate surface area is 75.2 Å². The van der Waals surface area contributed by atoms with Gasteiger partial charge in [-0.1, -0.05) is 5.92 Å². The van der Waals surface area contributed by atoms with Crippen molar-refractivity contribution in [2.45, 2.75) is 0 Å². The van der Waals surface area contributed by atoms with Crippen LogP contribution >= 0.6 is 0 Å². The van der Waals surface area contributed by atoms with Crippen molar-refractivity contribution in [1.29, 1.82) is 0 Å². The molecule has 0 saturated heterocycles. The molecule has 0 aliphatic heterocycles. The number of rotatable bonds is 0. The lowest BCUT2D eigenvalue weighted by Crippen LogP contribution is -1.99. The maximum Gasteiger partial charge on any atom is 0.190 e. The highest BCUT2D eigenvalue weighted by Crippen LogP contribution is 2.08. The summed E-state index contributed by atoms with van der Waals surface area (Å²) >= 11 is 0. The van der Waals surface area contributed by atoms with E-state index in [1.54, 1.807) is 18.2 Å². The minimum absolute atomic E-state index is 0.0441. The van der Waals surface area contributed by atoms with E-state index in [9.17, 15) is 4.79 Å². The molecule has 2 nitrogen and oxygen atoms in total. The van der Waals surface area contributed by atoms with Gasteiger partial charge in [-0.05, 0) is 18.2 Å². The zero-order valence-corrected chi connectivity index (χ0v) is 6.79. The number of nitrogens with one attached hydrogen (secondary N) is 1. The molecule has 2 aromatic rings. The highest BCUT2D eigenvalue weighted by molar-refractivity contribution is 5.79. The van der Waals surface area contributed by atoms with Gasteiger partial charge >= 0.3 is 0 Å². The molecule has 61 valence electrons. The first kappa shape index (κ1) is 7.63. The lowest BCUT2D eigenvalue weighted by atomic mass is 10.1. The second-order valence-electron chi connectivity index (χ2n) is 2.68. The molecule has 0 bridgehead atoms. The minimum Gasteiger partial charge on any atom is -0.353 e. The molecule has 2 rings (SSSR count). The van der Waals surface area contributed by atoms with Crippen molar-refractivity contribution < 1.29 is 0 Å². The van der Waals surface area contributed by atoms with E-state index in [0.717, 1.165) is 11.1 Å². The summed E-state index contributed by atoms with van der Waals surface area (Å²) in [5, 5.41) is 0.637. The standard InChI is InChI=1S/C11H6NO/c1-2-8-3-4-9-10(7-8)12-6-5-11(9)13/h1,3-5,7H,(H,12,13). The molecular formula is C11H6NO. The summed E-state index contributed by atoms with van der Waals surface area (Å²) < 4.78 is 0. The van der Waals surface area contributed by atoms with Gasteiger partial charge in [0, 0.05) is 17.0 Å². The van der Waals surface area contributed by atoms with E-state index >= 15 is 0 Å². The predicted molar refractivity (Wildman–Crippen MR) is 51.3 cm³/mol. The fourth-order valence-corrected chi connectivity index (χ4v) is 1.21. The lowest BCUT2D eigenvalue weighted by molar-refractivity contribution is 1.37. The third kappa shape index (κ3) is 1.21. The predicted octanol–water partition coefficient (Wildman–Crippen LogP) is 1.31. The molecular weight excluding hydrogens is 162 g/mol. The third-order valence-corrected chi connectivity index (χ3v) is 1.86. The molecule has 0 amide bonds. The van der Waals surface area contributed by atoms with Crippen molar-refractivity contribution in [2.24, 2.45) is 0 Å². The van der Waals surface area contributed by atoms with E-state index in [-0.39, 0.29) is 5.43 Å². The lowest BCUT2D eigenvalue weighted by Gasteiger charge is -1.96. The van der Waals surface area contributed by atoms with Gasteiger partial charge in [-0.2, -0.15) is 0 Å². The number of fused-ring (bicyclic) bond motifs is 1. The van der Waals surface area contributed by atoms with Gasteiger partial charge in [-0.15, -0.1) is 6.42 Å². The summed E-state index contributed by atoms with van der Waals surface area (Å²) in [7, 11) is 0. The SMILES string of the molecule is C#Cc1ccc2c(=O)c[c][nH]c2c1. The van der Waals surface area contributed by atoms with Crippen molar-refractivity contribution >= 4 is 10.9 Å². The highest BCUT2D eigenvalue weighted by atomic mass is 16.1. The smallest absolute Gasteiger partial charge is 0.190 e. The fraction of sp³-hybridized carbons (Fsp3) is 0. The van der Waals surface area contributed by atoms with E-state index in [1.165, 1.54) is 6.07 Å². The van der Waals surface area contributed by atoms with Crippen LogP contribution in [0.15, 0.2) is 29.1 Å². The zero-order valence-electron chi connectivity index (χ0n) is 6.79. The monoisotopic (exact) mass is 168 g/mol. The van der Waals surface area contributed by atoms with Gasteiger partial charge in [0.25, 0.3) is 0 Å². The minimum atomic E-state index is -0.0441. The molecule has 2 heteroatoms. The Balaban J connectivity index is 2.90. The average molecular weight is 168 g/mol. The number of hydrogen-bond acceptors (Lipinski definition) is 1. The molecule has 1 heterocycles. The Kier molecular flexibility index (Phi) is 1.64. The quantitative estimate of drug-likeness (QED) is 0.591. The molecule has 0 aliphatic rings. The zero-order chi connectivity index (χ0) is 9.26. The maximum atomic E-state index is 11.3. The van der Waals surface area contributed by atoms with Crippen LogP contribution in [0.1, 0.15) is 5.56 Å². The van der Waals surface area contributed by atoms with Crippen LogP contribution in [0.5, 0.6) is 0 Å². The largest absolute Gasteiger partial charge is 0.353 e. The van der Waals surface area contributed by atoms with Crippen LogP contribution in [0.25, 0.3) is 10.9 Å². The summed E-state index contributed by atoms with van der Waals surface area (Å²) in [6.45, 7) is 0. The van der Waals surface area contributed by atoms with Gasteiger partial charge in [-0.3, -0.25) is 4.79 Å². The Hall–Kier alpha value is -2.01. The van der Waals surface area contributed by atoms with Gasteiger partial charge in [0.15, 0.2) is 5.43 Å². The normalized spacial score (nSPS) is 9.77. The number of benzene rings is 1. The highest BCUT2D eigenvalue weighted by Gasteiger charge is 1.97. The summed E-state index contributed by atoms with van der Waals surface area (Å²) in [4.78, 5) is 14.1. The van der Waals surface area contributed by atoms with Crippen molar-refractivity contribution in [3.05, 3.63) is 46.2 Å². The molecule has 1 aromatic heterocycles. The Bertz CT molecular complexity index is 546. The second kappa shape index (κ2) is 2.80. The van der Waals surface area contributed by atoms with E-state index in [2.05, 4.69) is 17.1 Å². The third-order valence-electron chi connectivity index (χ3n) is 1.86. The van der Waals surface area contributed by atoms with Gasteiger partial charge < -0.3 is 4.98 Å². The first-order chi connectivity index (χ1) is 6.31. The van der Waals surface area contributed by atoms with Crippen molar-refractivity contribution in [1.82, 2.24) is 4.98 Å². The molecule has 1 radical (unpaired) electrons. The number of H-pyrrole nitrogens is 1. The molecule has 0 unspecified atom stereocenters. The number of aromatic nitrogens is 1. The number of pyridine rings is 1. The van der Waals surface area contributed by atoms with Crippen LogP contribution in [0.3, 0.4) is 0 Å². The molecule has 0 fully saturated rings. The Morgan fingerprint density at radius 1 is 1.46 bits per heavy atom. The summed E-state index contributed by atoms with van der Waals surface area (Å²) in [6.07, 6.45) is 7.88. The average Bonchev–Trinajstić information content (AvgIpc) is 2.18. The molecule has 1 aromatic carbocycles. The van der Waals surface area contributed by atoms with Crippen LogP contribution in [0.2, 0.25) is 0 Å². The molecule has 13 heavy (non-hydrogen) atoms. The van der Waals surface area contributed by atoms with Crippen molar-refractivity contribution in [2.75, 3.05) is 0 Å². The van der Waals surface area contributed by atoms with Crippen LogP contribution in [0, 0.1) is 18.5 Å². The van der Waals surface area contributed by atoms with E-state index in [0.29, 0.717) is 5.39 Å². The summed E-state index contributed by atoms with van der Waals surface area (Å²) in [5.41, 5.74) is 1.43. The topological polar surface area (TPSA) is 32.9 Å². The summed E-state index contributed by atoms with van der Waals surface area (Å²) in [6, 6.07) is 6.60. The van der Waals surface area contributed by atoms with Crippen molar-refractivity contribution in [3.63, 3.8) is 0 Å².